The quantitative estimate of drug-likeness (QED) is 0.486. The Hall–Kier alpha value is -3.54. The molecule has 3 rings (SSSR count). The summed E-state index contributed by atoms with van der Waals surface area (Å²) in [6, 6.07) is 15.3. The number of rotatable bonds is 5. The van der Waals surface area contributed by atoms with Crippen LogP contribution in [0.15, 0.2) is 59.7 Å². The van der Waals surface area contributed by atoms with E-state index in [1.165, 1.54) is 12.3 Å². The van der Waals surface area contributed by atoms with Crippen molar-refractivity contribution >= 4 is 22.9 Å². The van der Waals surface area contributed by atoms with Crippen LogP contribution in [0.25, 0.3) is 10.8 Å². The third-order valence-electron chi connectivity index (χ3n) is 3.81. The van der Waals surface area contributed by atoms with Gasteiger partial charge in [-0.05, 0) is 42.1 Å². The number of nitrogens with zero attached hydrogens (tertiary/aromatic N) is 1. The lowest BCUT2D eigenvalue weighted by atomic mass is 10.1. The molecular formula is C20H18N2O4. The van der Waals surface area contributed by atoms with Crippen LogP contribution in [0, 0.1) is 0 Å². The Morgan fingerprint density at radius 3 is 2.77 bits per heavy atom. The zero-order valence-electron chi connectivity index (χ0n) is 14.1. The minimum atomic E-state index is -0.520. The van der Waals surface area contributed by atoms with Crippen LogP contribution in [0.5, 0.6) is 17.2 Å². The second-order valence-corrected chi connectivity index (χ2v) is 5.54. The summed E-state index contributed by atoms with van der Waals surface area (Å²) >= 11 is 0. The van der Waals surface area contributed by atoms with Gasteiger partial charge in [-0.25, -0.2) is 5.43 Å². The highest BCUT2D eigenvalue weighted by Crippen LogP contribution is 2.28. The number of carbonyl (C=O) groups excluding carboxylic acids is 1. The number of benzene rings is 3. The molecule has 26 heavy (non-hydrogen) atoms. The molecule has 3 aromatic carbocycles. The summed E-state index contributed by atoms with van der Waals surface area (Å²) in [5.74, 6) is -0.226. The Morgan fingerprint density at radius 1 is 1.15 bits per heavy atom. The average Bonchev–Trinajstić information content (AvgIpc) is 2.65. The van der Waals surface area contributed by atoms with Crippen molar-refractivity contribution in [2.24, 2.45) is 5.10 Å². The zero-order valence-corrected chi connectivity index (χ0v) is 14.1. The van der Waals surface area contributed by atoms with Gasteiger partial charge in [-0.15, -0.1) is 0 Å². The van der Waals surface area contributed by atoms with Crippen LogP contribution < -0.4 is 10.2 Å². The fourth-order valence-corrected chi connectivity index (χ4v) is 2.55. The average molecular weight is 350 g/mol. The van der Waals surface area contributed by atoms with Gasteiger partial charge in [0.15, 0.2) is 11.5 Å². The maximum Gasteiger partial charge on any atom is 0.275 e. The van der Waals surface area contributed by atoms with E-state index in [4.69, 9.17) is 4.74 Å². The van der Waals surface area contributed by atoms with Gasteiger partial charge in [-0.1, -0.05) is 30.3 Å². The van der Waals surface area contributed by atoms with Crippen molar-refractivity contribution in [1.29, 1.82) is 0 Å². The molecule has 1 amide bonds. The van der Waals surface area contributed by atoms with Crippen molar-refractivity contribution in [3.8, 4) is 17.2 Å². The number of carbonyl (C=O) groups is 1. The molecule has 0 aliphatic heterocycles. The van der Waals surface area contributed by atoms with E-state index in [2.05, 4.69) is 10.5 Å². The summed E-state index contributed by atoms with van der Waals surface area (Å²) in [5.41, 5.74) is 3.17. The van der Waals surface area contributed by atoms with Crippen LogP contribution in [0.2, 0.25) is 0 Å². The number of nitrogens with one attached hydrogen (secondary N) is 1. The van der Waals surface area contributed by atoms with Crippen LogP contribution >= 0.6 is 0 Å². The topological polar surface area (TPSA) is 91.2 Å². The minimum Gasteiger partial charge on any atom is -0.506 e. The van der Waals surface area contributed by atoms with Gasteiger partial charge in [-0.2, -0.15) is 5.10 Å². The predicted octanol–water partition coefficient (Wildman–Crippen LogP) is 3.41. The molecule has 6 nitrogen and oxygen atoms in total. The molecule has 3 N–H and O–H groups in total. The molecule has 0 aliphatic rings. The van der Waals surface area contributed by atoms with E-state index in [1.807, 2.05) is 19.1 Å². The molecular weight excluding hydrogens is 332 g/mol. The van der Waals surface area contributed by atoms with Crippen LogP contribution in [0.3, 0.4) is 0 Å². The van der Waals surface area contributed by atoms with Gasteiger partial charge in [0.05, 0.1) is 18.4 Å². The number of amides is 1. The fraction of sp³-hybridized carbons (Fsp3) is 0.100. The number of hydrazone groups is 1. The molecule has 0 heterocycles. The number of aromatic hydroxyl groups is 2. The van der Waals surface area contributed by atoms with Gasteiger partial charge in [0, 0.05) is 5.39 Å². The third kappa shape index (κ3) is 3.59. The van der Waals surface area contributed by atoms with Crippen LogP contribution in [0.1, 0.15) is 22.8 Å². The molecule has 6 heteroatoms. The molecule has 0 atom stereocenters. The first-order valence-corrected chi connectivity index (χ1v) is 8.10. The van der Waals surface area contributed by atoms with Gasteiger partial charge in [0.25, 0.3) is 5.91 Å². The van der Waals surface area contributed by atoms with Gasteiger partial charge in [0.2, 0.25) is 0 Å². The van der Waals surface area contributed by atoms with Crippen LogP contribution in [-0.2, 0) is 0 Å². The third-order valence-corrected chi connectivity index (χ3v) is 3.81. The van der Waals surface area contributed by atoms with E-state index in [0.717, 1.165) is 5.39 Å². The van der Waals surface area contributed by atoms with E-state index in [1.54, 1.807) is 36.4 Å². The van der Waals surface area contributed by atoms with Crippen LogP contribution in [0.4, 0.5) is 0 Å². The number of hydrogen-bond donors (Lipinski definition) is 3. The predicted molar refractivity (Wildman–Crippen MR) is 99.9 cm³/mol. The van der Waals surface area contributed by atoms with Gasteiger partial charge in [-0.3, -0.25) is 4.79 Å². The van der Waals surface area contributed by atoms with Crippen molar-refractivity contribution in [2.75, 3.05) is 6.61 Å². The maximum absolute atomic E-state index is 12.3. The van der Waals surface area contributed by atoms with Gasteiger partial charge >= 0.3 is 0 Å². The second-order valence-electron chi connectivity index (χ2n) is 5.54. The monoisotopic (exact) mass is 350 g/mol. The van der Waals surface area contributed by atoms with Crippen molar-refractivity contribution < 1.29 is 19.7 Å². The highest BCUT2D eigenvalue weighted by molar-refractivity contribution is 6.03. The molecule has 0 radical (unpaired) electrons. The maximum atomic E-state index is 12.3. The Balaban J connectivity index is 1.76. The summed E-state index contributed by atoms with van der Waals surface area (Å²) in [6.07, 6.45) is 1.43. The Labute approximate surface area is 150 Å². The summed E-state index contributed by atoms with van der Waals surface area (Å²) in [4.78, 5) is 12.3. The molecule has 0 unspecified atom stereocenters. The molecule has 0 saturated carbocycles. The van der Waals surface area contributed by atoms with Crippen LogP contribution in [-0.4, -0.2) is 28.9 Å². The lowest BCUT2D eigenvalue weighted by Crippen LogP contribution is -2.17. The first-order chi connectivity index (χ1) is 12.6. The summed E-state index contributed by atoms with van der Waals surface area (Å²) in [7, 11) is 0. The first kappa shape index (κ1) is 17.3. The molecule has 0 aliphatic carbocycles. The van der Waals surface area contributed by atoms with Crippen molar-refractivity contribution in [2.45, 2.75) is 6.92 Å². The summed E-state index contributed by atoms with van der Waals surface area (Å²) in [5, 5.41) is 25.3. The van der Waals surface area contributed by atoms with E-state index in [9.17, 15) is 15.0 Å². The molecule has 0 bridgehead atoms. The van der Waals surface area contributed by atoms with Gasteiger partial charge in [0.1, 0.15) is 5.75 Å². The zero-order chi connectivity index (χ0) is 18.5. The molecule has 0 aromatic heterocycles. The van der Waals surface area contributed by atoms with E-state index < -0.39 is 5.91 Å². The largest absolute Gasteiger partial charge is 0.506 e. The van der Waals surface area contributed by atoms with E-state index in [-0.39, 0.29) is 17.1 Å². The number of fused-ring (bicyclic) bond motifs is 1. The standard InChI is InChI=1S/C20H18N2O4/c1-2-26-18-11-13(7-10-17(18)23)12-21-22-20(25)16-9-8-14-5-3-4-6-15(14)19(16)24/h3-12,23-24H,2H2,1H3,(H,22,25). The summed E-state index contributed by atoms with van der Waals surface area (Å²) < 4.78 is 5.30. The Kier molecular flexibility index (Phi) is 5.03. The van der Waals surface area contributed by atoms with Crippen molar-refractivity contribution in [3.63, 3.8) is 0 Å². The Bertz CT molecular complexity index is 983. The molecule has 0 saturated heterocycles. The molecule has 0 spiro atoms. The number of ether oxygens (including phenoxy) is 1. The fourth-order valence-electron chi connectivity index (χ4n) is 2.55. The number of hydrogen-bond acceptors (Lipinski definition) is 5. The van der Waals surface area contributed by atoms with E-state index >= 15 is 0 Å². The van der Waals surface area contributed by atoms with Gasteiger partial charge < -0.3 is 14.9 Å². The first-order valence-electron chi connectivity index (χ1n) is 8.10. The SMILES string of the molecule is CCOc1cc(C=NNC(=O)c2ccc3ccccc3c2O)ccc1O. The lowest BCUT2D eigenvalue weighted by molar-refractivity contribution is 0.0952. The van der Waals surface area contributed by atoms with Crippen molar-refractivity contribution in [3.05, 3.63) is 65.7 Å². The van der Waals surface area contributed by atoms with Crippen molar-refractivity contribution in [1.82, 2.24) is 5.43 Å². The smallest absolute Gasteiger partial charge is 0.275 e. The lowest BCUT2D eigenvalue weighted by Gasteiger charge is -2.07. The second kappa shape index (κ2) is 7.57. The number of phenols is 2. The number of phenolic OH excluding ortho intramolecular Hbond substituents is 2. The molecule has 3 aromatic rings. The highest BCUT2D eigenvalue weighted by Gasteiger charge is 2.13. The van der Waals surface area contributed by atoms with E-state index in [0.29, 0.717) is 23.3 Å². The highest BCUT2D eigenvalue weighted by atomic mass is 16.5. The molecule has 132 valence electrons. The Morgan fingerprint density at radius 2 is 1.96 bits per heavy atom. The molecule has 0 fully saturated rings. The minimum absolute atomic E-state index is 0.0362. The summed E-state index contributed by atoms with van der Waals surface area (Å²) in [6.45, 7) is 2.24. The normalized spacial score (nSPS) is 11.0.